The van der Waals surface area contributed by atoms with Crippen molar-refractivity contribution in [2.45, 2.75) is 128 Å². The van der Waals surface area contributed by atoms with Gasteiger partial charge in [0, 0.05) is 18.7 Å². The van der Waals surface area contributed by atoms with Crippen molar-refractivity contribution in [3.8, 4) is 11.5 Å². The highest BCUT2D eigenvalue weighted by molar-refractivity contribution is 14.3. The molecule has 4 aromatic carbocycles. The van der Waals surface area contributed by atoms with Crippen LogP contribution in [-0.2, 0) is 22.5 Å². The number of halogens is 6. The Hall–Kier alpha value is 0.0349. The van der Waals surface area contributed by atoms with Gasteiger partial charge >= 0.3 is 7.12 Å². The SMILES string of the molecule is Brc1ccccc1OCc1ccccc1.CC.CC.CC(I)(I)I.CC(I)I.CC1CC=C(B2OC(C)(C)C(C)(C)O2)CC1.CN1CC=C(c2ccccc2OCc2ccccc2)CC1. The van der Waals surface area contributed by atoms with Crippen molar-refractivity contribution in [1.82, 2.24) is 4.90 Å². The second-order valence-corrected chi connectivity index (χ2v) is 35.9. The molecule has 0 amide bonds. The molecule has 12 heteroatoms. The second-order valence-electron chi connectivity index (χ2n) is 16.3. The van der Waals surface area contributed by atoms with E-state index in [9.17, 15) is 0 Å². The molecule has 1 saturated heterocycles. The quantitative estimate of drug-likeness (QED) is 0.0999. The highest BCUT2D eigenvalue weighted by Crippen LogP contribution is 2.40. The van der Waals surface area contributed by atoms with E-state index in [0.717, 1.165) is 49.8 Å². The Morgan fingerprint density at radius 3 is 1.58 bits per heavy atom. The van der Waals surface area contributed by atoms with Gasteiger partial charge in [-0.3, -0.25) is 0 Å². The second kappa shape index (κ2) is 34.4. The number of ether oxygens (including phenoxy) is 2. The molecule has 1 atom stereocenters. The summed E-state index contributed by atoms with van der Waals surface area (Å²) >= 11 is 15.2. The standard InChI is InChI=1S/C19H21NO.C13H23BO2.C13H11BrO.C2H3I3.C2H4I2.2C2H6/c1-20-13-11-17(12-14-20)18-9-5-6-10-19(18)21-15-16-7-3-2-4-8-16;1-10-6-8-11(9-7-10)14-15-12(2,3)13(4,5)16-14;14-12-8-4-5-9-13(12)15-10-11-6-2-1-3-7-11;1-2(3,4)5;1-2(3)4;2*1-2/h2-11H,12-15H2,1H3;8,10H,6-7,9H2,1-5H3;1-9H,10H2;1H3;2H,1H3;2*1-2H3. The fraction of sp³-hybridized carbons (Fsp3) is 0.472. The van der Waals surface area contributed by atoms with Crippen LogP contribution in [0.15, 0.2) is 131 Å². The van der Waals surface area contributed by atoms with Crippen molar-refractivity contribution in [1.29, 1.82) is 0 Å². The molecule has 1 unspecified atom stereocenters. The molecule has 0 radical (unpaired) electrons. The lowest BCUT2D eigenvalue weighted by Crippen LogP contribution is -2.41. The first kappa shape index (κ1) is 63.1. The lowest BCUT2D eigenvalue weighted by molar-refractivity contribution is 0.00578. The monoisotopic (exact) mass is 1510 g/mol. The first-order chi connectivity index (χ1) is 30.7. The molecule has 65 heavy (non-hydrogen) atoms. The Labute approximate surface area is 472 Å². The Morgan fingerprint density at radius 2 is 1.15 bits per heavy atom. The van der Waals surface area contributed by atoms with Gasteiger partial charge in [-0.15, -0.1) is 0 Å². The highest BCUT2D eigenvalue weighted by atomic mass is 127. The number of rotatable bonds is 8. The summed E-state index contributed by atoms with van der Waals surface area (Å²) in [4.78, 5) is 2.33. The normalized spacial score (nSPS) is 17.0. The van der Waals surface area contributed by atoms with Gasteiger partial charge in [-0.05, 0) is 136 Å². The first-order valence-electron chi connectivity index (χ1n) is 22.7. The number of likely N-dealkylation sites (N-methyl/N-ethyl adjacent to an activating group) is 1. The zero-order valence-electron chi connectivity index (χ0n) is 40.8. The minimum Gasteiger partial charge on any atom is -0.488 e. The van der Waals surface area contributed by atoms with Gasteiger partial charge in [-0.1, -0.05) is 251 Å². The van der Waals surface area contributed by atoms with Crippen molar-refractivity contribution in [3.05, 3.63) is 148 Å². The summed E-state index contributed by atoms with van der Waals surface area (Å²) in [7, 11) is 2.04. The fourth-order valence-electron chi connectivity index (χ4n) is 6.10. The van der Waals surface area contributed by atoms with Crippen LogP contribution >= 0.6 is 129 Å². The number of alkyl halides is 5. The van der Waals surface area contributed by atoms with Crippen molar-refractivity contribution >= 4 is 142 Å². The molecule has 360 valence electrons. The van der Waals surface area contributed by atoms with Gasteiger partial charge < -0.3 is 23.7 Å². The molecular weight excluding hydrogens is 1440 g/mol. The van der Waals surface area contributed by atoms with E-state index in [1.54, 1.807) is 0 Å². The van der Waals surface area contributed by atoms with Crippen LogP contribution in [0.25, 0.3) is 5.57 Å². The Bertz CT molecular complexity index is 1900. The molecule has 2 heterocycles. The summed E-state index contributed by atoms with van der Waals surface area (Å²) in [6, 6.07) is 36.7. The van der Waals surface area contributed by atoms with Crippen LogP contribution in [0.4, 0.5) is 0 Å². The maximum atomic E-state index is 6.05. The third kappa shape index (κ3) is 27.3. The predicted molar refractivity (Wildman–Crippen MR) is 330 cm³/mol. The number of hydrogen-bond acceptors (Lipinski definition) is 5. The number of nitrogens with zero attached hydrogens (tertiary/aromatic N) is 1. The molecule has 2 aliphatic heterocycles. The van der Waals surface area contributed by atoms with Gasteiger partial charge in [0.15, 0.2) is 0 Å². The molecule has 1 aliphatic carbocycles. The maximum Gasteiger partial charge on any atom is 0.490 e. The fourth-order valence-corrected chi connectivity index (χ4v) is 6.50. The van der Waals surface area contributed by atoms with Crippen LogP contribution in [0, 0.1) is 5.92 Å². The minimum atomic E-state index is -0.207. The number of para-hydroxylation sites is 2. The Kier molecular flexibility index (Phi) is 33.3. The molecule has 3 aliphatic rings. The third-order valence-electron chi connectivity index (χ3n) is 10.2. The Morgan fingerprint density at radius 1 is 0.723 bits per heavy atom. The van der Waals surface area contributed by atoms with E-state index < -0.39 is 0 Å². The molecular formula is C53H74BBrI5NO4. The zero-order valence-corrected chi connectivity index (χ0v) is 53.2. The van der Waals surface area contributed by atoms with Crippen molar-refractivity contribution < 1.29 is 18.8 Å². The molecule has 0 spiro atoms. The largest absolute Gasteiger partial charge is 0.490 e. The van der Waals surface area contributed by atoms with E-state index in [1.165, 1.54) is 40.6 Å². The van der Waals surface area contributed by atoms with Gasteiger partial charge in [-0.2, -0.15) is 0 Å². The van der Waals surface area contributed by atoms with Crippen LogP contribution in [0.2, 0.25) is 0 Å². The maximum absolute atomic E-state index is 6.05. The summed E-state index contributed by atoms with van der Waals surface area (Å²) < 4.78 is 26.0. The van der Waals surface area contributed by atoms with Crippen LogP contribution in [0.3, 0.4) is 0 Å². The van der Waals surface area contributed by atoms with Crippen LogP contribution < -0.4 is 9.47 Å². The molecule has 0 aromatic heterocycles. The van der Waals surface area contributed by atoms with E-state index in [2.05, 4.69) is 244 Å². The first-order valence-corrected chi connectivity index (χ1v) is 29.2. The van der Waals surface area contributed by atoms with Crippen molar-refractivity contribution in [2.24, 2.45) is 5.92 Å². The third-order valence-corrected chi connectivity index (χ3v) is 10.9. The van der Waals surface area contributed by atoms with Crippen molar-refractivity contribution in [3.63, 3.8) is 0 Å². The topological polar surface area (TPSA) is 40.2 Å². The molecule has 7 rings (SSSR count). The molecule has 5 nitrogen and oxygen atoms in total. The molecule has 0 bridgehead atoms. The highest BCUT2D eigenvalue weighted by Gasteiger charge is 2.52. The predicted octanol–water partition coefficient (Wildman–Crippen LogP) is 18.6. The molecule has 1 fully saturated rings. The lowest BCUT2D eigenvalue weighted by Gasteiger charge is -2.32. The van der Waals surface area contributed by atoms with Crippen LogP contribution in [0.1, 0.15) is 119 Å². The van der Waals surface area contributed by atoms with Crippen LogP contribution in [0.5, 0.6) is 11.5 Å². The Balaban J connectivity index is 0.000000435. The number of hydrogen-bond donors (Lipinski definition) is 0. The van der Waals surface area contributed by atoms with E-state index in [4.69, 9.17) is 18.8 Å². The molecule has 4 aromatic rings. The molecule has 0 saturated carbocycles. The summed E-state index contributed by atoms with van der Waals surface area (Å²) in [6.45, 7) is 26.4. The van der Waals surface area contributed by atoms with E-state index in [-0.39, 0.29) is 18.3 Å². The summed E-state index contributed by atoms with van der Waals surface area (Å²) in [5, 5.41) is 0. The van der Waals surface area contributed by atoms with Gasteiger partial charge in [0.1, 0.15) is 24.1 Å². The lowest BCUT2D eigenvalue weighted by atomic mass is 9.71. The average Bonchev–Trinajstić information content (AvgIpc) is 3.50. The molecule has 0 N–H and O–H groups in total. The van der Waals surface area contributed by atoms with Crippen LogP contribution in [-0.4, -0.2) is 44.7 Å². The number of benzene rings is 4. The van der Waals surface area contributed by atoms with E-state index in [0.29, 0.717) is 12.6 Å². The summed E-state index contributed by atoms with van der Waals surface area (Å²) in [5.74, 6) is 2.67. The van der Waals surface area contributed by atoms with Gasteiger partial charge in [-0.25, -0.2) is 0 Å². The van der Waals surface area contributed by atoms with Gasteiger partial charge in [0.05, 0.1) is 17.6 Å². The van der Waals surface area contributed by atoms with Crippen molar-refractivity contribution in [2.75, 3.05) is 20.1 Å². The average molecular weight is 1510 g/mol. The number of allylic oxidation sites excluding steroid dienone is 2. The summed E-state index contributed by atoms with van der Waals surface area (Å²) in [5.41, 5.74) is 5.94. The zero-order chi connectivity index (χ0) is 49.1. The summed E-state index contributed by atoms with van der Waals surface area (Å²) in [6.07, 6.45) is 9.26. The van der Waals surface area contributed by atoms with E-state index in [1.807, 2.05) is 94.4 Å². The van der Waals surface area contributed by atoms with E-state index >= 15 is 0 Å². The minimum absolute atomic E-state index is 0.113. The van der Waals surface area contributed by atoms with Gasteiger partial charge in [0.2, 0.25) is 0 Å². The van der Waals surface area contributed by atoms with Gasteiger partial charge in [0.25, 0.3) is 0 Å². The smallest absolute Gasteiger partial charge is 0.488 e.